The Morgan fingerprint density at radius 3 is 3.00 bits per heavy atom. The number of anilines is 2. The summed E-state index contributed by atoms with van der Waals surface area (Å²) in [6.45, 7) is 0.843. The second-order valence-electron chi connectivity index (χ2n) is 7.30. The lowest BCUT2D eigenvalue weighted by atomic mass is 10.1. The molecule has 2 aliphatic rings. The Hall–Kier alpha value is -3.26. The largest absolute Gasteiger partial charge is 0.493 e. The first-order valence-electron chi connectivity index (χ1n) is 9.66. The normalized spacial score (nSPS) is 17.7. The van der Waals surface area contributed by atoms with Gasteiger partial charge in [-0.25, -0.2) is 9.37 Å². The molecule has 152 valence electrons. The fourth-order valence-electron chi connectivity index (χ4n) is 3.80. The van der Waals surface area contributed by atoms with Gasteiger partial charge in [0.05, 0.1) is 23.9 Å². The summed E-state index contributed by atoms with van der Waals surface area (Å²) in [6, 6.07) is 12.0. The van der Waals surface area contributed by atoms with Crippen LogP contribution >= 0.6 is 11.3 Å². The van der Waals surface area contributed by atoms with Crippen molar-refractivity contribution in [1.82, 2.24) is 4.98 Å². The fraction of sp³-hybridized carbons (Fsp3) is 0.227. The van der Waals surface area contributed by atoms with E-state index in [9.17, 15) is 14.0 Å². The first-order chi connectivity index (χ1) is 14.6. The van der Waals surface area contributed by atoms with Crippen molar-refractivity contribution in [3.8, 4) is 17.0 Å². The van der Waals surface area contributed by atoms with E-state index >= 15 is 0 Å². The zero-order valence-electron chi connectivity index (χ0n) is 15.9. The van der Waals surface area contributed by atoms with E-state index < -0.39 is 11.7 Å². The molecule has 0 bridgehead atoms. The summed E-state index contributed by atoms with van der Waals surface area (Å²) in [5, 5.41) is 5.17. The van der Waals surface area contributed by atoms with Crippen molar-refractivity contribution in [1.29, 1.82) is 0 Å². The molecule has 1 aromatic heterocycles. The van der Waals surface area contributed by atoms with Crippen molar-refractivity contribution in [3.63, 3.8) is 0 Å². The number of rotatable bonds is 4. The van der Waals surface area contributed by atoms with Gasteiger partial charge in [0, 0.05) is 30.3 Å². The molecule has 8 heteroatoms. The standard InChI is InChI=1S/C22H18FN3O3S/c23-16-3-1-2-4-18(16)26-11-15(10-20(26)27)21(28)25-22-24-17(12-30-22)13-5-6-19-14(9-13)7-8-29-19/h1-6,9,12,15H,7-8,10-11H2,(H,24,25,28). The lowest BCUT2D eigenvalue weighted by molar-refractivity contribution is -0.122. The molecule has 30 heavy (non-hydrogen) atoms. The number of hydrogen-bond acceptors (Lipinski definition) is 5. The van der Waals surface area contributed by atoms with Crippen LogP contribution in [0, 0.1) is 11.7 Å². The average molecular weight is 423 g/mol. The third-order valence-corrected chi connectivity index (χ3v) is 6.12. The predicted octanol–water partition coefficient (Wildman–Crippen LogP) is 3.88. The Labute approximate surface area is 176 Å². The molecule has 1 unspecified atom stereocenters. The Bertz CT molecular complexity index is 1150. The van der Waals surface area contributed by atoms with E-state index in [1.54, 1.807) is 18.2 Å². The number of para-hydroxylation sites is 1. The highest BCUT2D eigenvalue weighted by molar-refractivity contribution is 7.14. The molecule has 6 nitrogen and oxygen atoms in total. The molecule has 1 fully saturated rings. The van der Waals surface area contributed by atoms with Crippen LogP contribution < -0.4 is 15.0 Å². The van der Waals surface area contributed by atoms with Gasteiger partial charge >= 0.3 is 0 Å². The Balaban J connectivity index is 1.27. The van der Waals surface area contributed by atoms with Gasteiger partial charge in [0.15, 0.2) is 5.13 Å². The number of aromatic nitrogens is 1. The summed E-state index contributed by atoms with van der Waals surface area (Å²) < 4.78 is 19.6. The molecule has 5 rings (SSSR count). The maximum atomic E-state index is 14.0. The fourth-order valence-corrected chi connectivity index (χ4v) is 4.53. The zero-order chi connectivity index (χ0) is 20.7. The van der Waals surface area contributed by atoms with Crippen molar-refractivity contribution in [3.05, 3.63) is 59.2 Å². The number of carbonyl (C=O) groups is 2. The highest BCUT2D eigenvalue weighted by Gasteiger charge is 2.36. The minimum absolute atomic E-state index is 0.0449. The second-order valence-corrected chi connectivity index (χ2v) is 8.16. The number of fused-ring (bicyclic) bond motifs is 1. The maximum absolute atomic E-state index is 14.0. The van der Waals surface area contributed by atoms with Crippen LogP contribution in [0.4, 0.5) is 15.2 Å². The molecule has 0 aliphatic carbocycles. The highest BCUT2D eigenvalue weighted by atomic mass is 32.1. The van der Waals surface area contributed by atoms with Crippen LogP contribution in [0.2, 0.25) is 0 Å². The SMILES string of the molecule is O=C(Nc1nc(-c2ccc3c(c2)CCO3)cs1)C1CC(=O)N(c2ccccc2F)C1. The maximum Gasteiger partial charge on any atom is 0.231 e. The summed E-state index contributed by atoms with van der Waals surface area (Å²) >= 11 is 1.33. The van der Waals surface area contributed by atoms with Crippen LogP contribution in [0.5, 0.6) is 5.75 Å². The van der Waals surface area contributed by atoms with Crippen LogP contribution in [-0.4, -0.2) is 29.9 Å². The van der Waals surface area contributed by atoms with Crippen LogP contribution in [0.15, 0.2) is 47.8 Å². The molecule has 0 radical (unpaired) electrons. The monoisotopic (exact) mass is 423 g/mol. The summed E-state index contributed by atoms with van der Waals surface area (Å²) in [5.41, 5.74) is 3.11. The second kappa shape index (κ2) is 7.53. The number of nitrogens with zero attached hydrogens (tertiary/aromatic N) is 2. The Kier molecular flexibility index (Phi) is 4.71. The molecular formula is C22H18FN3O3S. The predicted molar refractivity (Wildman–Crippen MR) is 112 cm³/mol. The number of halogens is 1. The van der Waals surface area contributed by atoms with Crippen LogP contribution in [0.3, 0.4) is 0 Å². The Morgan fingerprint density at radius 1 is 1.27 bits per heavy atom. The minimum atomic E-state index is -0.554. The van der Waals surface area contributed by atoms with Crippen molar-refractivity contribution < 1.29 is 18.7 Å². The minimum Gasteiger partial charge on any atom is -0.493 e. The number of carbonyl (C=O) groups excluding carboxylic acids is 2. The highest BCUT2D eigenvalue weighted by Crippen LogP contribution is 2.33. The summed E-state index contributed by atoms with van der Waals surface area (Å²) in [4.78, 5) is 30.9. The molecule has 2 aromatic carbocycles. The van der Waals surface area contributed by atoms with Crippen LogP contribution in [0.25, 0.3) is 11.3 Å². The Morgan fingerprint density at radius 2 is 2.13 bits per heavy atom. The van der Waals surface area contributed by atoms with Crippen molar-refractivity contribution >= 4 is 34.0 Å². The molecule has 2 amide bonds. The van der Waals surface area contributed by atoms with E-state index in [1.165, 1.54) is 22.3 Å². The van der Waals surface area contributed by atoms with Crippen molar-refractivity contribution in [2.45, 2.75) is 12.8 Å². The molecule has 1 atom stereocenters. The average Bonchev–Trinajstić information content (AvgIpc) is 3.47. The summed E-state index contributed by atoms with van der Waals surface area (Å²) in [6.07, 6.45) is 0.925. The van der Waals surface area contributed by atoms with Crippen molar-refractivity contribution in [2.24, 2.45) is 5.92 Å². The van der Waals surface area contributed by atoms with Crippen molar-refractivity contribution in [2.75, 3.05) is 23.4 Å². The van der Waals surface area contributed by atoms with Gasteiger partial charge in [0.25, 0.3) is 0 Å². The molecule has 0 spiro atoms. The molecule has 1 saturated heterocycles. The molecule has 1 N–H and O–H groups in total. The smallest absolute Gasteiger partial charge is 0.231 e. The van der Waals surface area contributed by atoms with Gasteiger partial charge < -0.3 is 15.0 Å². The van der Waals surface area contributed by atoms with E-state index in [4.69, 9.17) is 4.74 Å². The van der Waals surface area contributed by atoms with Gasteiger partial charge in [0.1, 0.15) is 11.6 Å². The van der Waals surface area contributed by atoms with E-state index in [-0.39, 0.29) is 30.5 Å². The quantitative estimate of drug-likeness (QED) is 0.692. The van der Waals surface area contributed by atoms with E-state index in [0.717, 1.165) is 29.0 Å². The van der Waals surface area contributed by atoms with Gasteiger partial charge in [-0.2, -0.15) is 0 Å². The molecular weight excluding hydrogens is 405 g/mol. The van der Waals surface area contributed by atoms with Crippen LogP contribution in [-0.2, 0) is 16.0 Å². The van der Waals surface area contributed by atoms with Gasteiger partial charge in [0.2, 0.25) is 11.8 Å². The third kappa shape index (κ3) is 3.43. The summed E-state index contributed by atoms with van der Waals surface area (Å²) in [5.74, 6) is -0.670. The molecule has 2 aliphatic heterocycles. The summed E-state index contributed by atoms with van der Waals surface area (Å²) in [7, 11) is 0. The lowest BCUT2D eigenvalue weighted by Crippen LogP contribution is -2.28. The van der Waals surface area contributed by atoms with Gasteiger partial charge in [-0.15, -0.1) is 11.3 Å². The third-order valence-electron chi connectivity index (χ3n) is 5.36. The topological polar surface area (TPSA) is 71.5 Å². The van der Waals surface area contributed by atoms with Gasteiger partial charge in [-0.3, -0.25) is 9.59 Å². The number of ether oxygens (including phenoxy) is 1. The first-order valence-corrected chi connectivity index (χ1v) is 10.5. The molecule has 0 saturated carbocycles. The van der Waals surface area contributed by atoms with Crippen LogP contribution in [0.1, 0.15) is 12.0 Å². The number of nitrogens with one attached hydrogen (secondary N) is 1. The van der Waals surface area contributed by atoms with Gasteiger partial charge in [-0.05, 0) is 35.9 Å². The number of amides is 2. The lowest BCUT2D eigenvalue weighted by Gasteiger charge is -2.17. The van der Waals surface area contributed by atoms with Gasteiger partial charge in [-0.1, -0.05) is 12.1 Å². The first kappa shape index (κ1) is 18.7. The number of benzene rings is 2. The van der Waals surface area contributed by atoms with E-state index in [2.05, 4.69) is 16.4 Å². The number of thiazole rings is 1. The van der Waals surface area contributed by atoms with E-state index in [1.807, 2.05) is 17.5 Å². The zero-order valence-corrected chi connectivity index (χ0v) is 16.7. The van der Waals surface area contributed by atoms with E-state index in [0.29, 0.717) is 11.7 Å². The number of hydrogen-bond donors (Lipinski definition) is 1. The molecule has 3 heterocycles. The molecule has 3 aromatic rings.